The van der Waals surface area contributed by atoms with Gasteiger partial charge in [-0.3, -0.25) is 4.79 Å². The van der Waals surface area contributed by atoms with Crippen LogP contribution in [0.1, 0.15) is 29.6 Å². The van der Waals surface area contributed by atoms with E-state index in [4.69, 9.17) is 0 Å². The SMILES string of the molecule is O=C(O)c1cc(Br)cc(Br)c1NC(=O)C1CCCCS1. The summed E-state index contributed by atoms with van der Waals surface area (Å²) in [4.78, 5) is 23.5. The third kappa shape index (κ3) is 3.77. The Morgan fingerprint density at radius 2 is 2.05 bits per heavy atom. The molecule has 1 heterocycles. The first kappa shape index (κ1) is 15.9. The second kappa shape index (κ2) is 6.95. The van der Waals surface area contributed by atoms with Crippen molar-refractivity contribution in [1.82, 2.24) is 0 Å². The molecule has 1 aliphatic heterocycles. The lowest BCUT2D eigenvalue weighted by Crippen LogP contribution is -2.28. The molecule has 1 aromatic carbocycles. The van der Waals surface area contributed by atoms with Crippen LogP contribution < -0.4 is 5.32 Å². The van der Waals surface area contributed by atoms with E-state index in [1.165, 1.54) is 6.07 Å². The molecule has 1 atom stereocenters. The number of halogens is 2. The summed E-state index contributed by atoms with van der Waals surface area (Å²) >= 11 is 8.18. The number of thioether (sulfide) groups is 1. The highest BCUT2D eigenvalue weighted by Crippen LogP contribution is 2.32. The second-order valence-electron chi connectivity index (χ2n) is 4.46. The molecule has 4 nitrogen and oxygen atoms in total. The largest absolute Gasteiger partial charge is 0.478 e. The zero-order valence-electron chi connectivity index (χ0n) is 10.5. The van der Waals surface area contributed by atoms with Gasteiger partial charge in [0.05, 0.1) is 16.5 Å². The van der Waals surface area contributed by atoms with E-state index < -0.39 is 5.97 Å². The molecule has 1 aromatic rings. The summed E-state index contributed by atoms with van der Waals surface area (Å²) in [6.07, 6.45) is 3.02. The highest BCUT2D eigenvalue weighted by Gasteiger charge is 2.24. The van der Waals surface area contributed by atoms with Gasteiger partial charge >= 0.3 is 5.97 Å². The van der Waals surface area contributed by atoms with E-state index in [0.29, 0.717) is 14.6 Å². The average Bonchev–Trinajstić information content (AvgIpc) is 2.42. The smallest absolute Gasteiger partial charge is 0.337 e. The fourth-order valence-corrected chi connectivity index (χ4v) is 4.54. The molecule has 108 valence electrons. The minimum absolute atomic E-state index is 0.0698. The van der Waals surface area contributed by atoms with Crippen LogP contribution >= 0.6 is 43.6 Å². The molecule has 0 radical (unpaired) electrons. The van der Waals surface area contributed by atoms with Crippen molar-refractivity contribution in [2.45, 2.75) is 24.5 Å². The molecule has 0 aliphatic carbocycles. The number of carboxylic acid groups (broad SMARTS) is 1. The summed E-state index contributed by atoms with van der Waals surface area (Å²) in [5, 5.41) is 11.9. The summed E-state index contributed by atoms with van der Waals surface area (Å²) in [7, 11) is 0. The van der Waals surface area contributed by atoms with Gasteiger partial charge in [0, 0.05) is 8.95 Å². The number of carbonyl (C=O) groups excluding carboxylic acids is 1. The Bertz CT molecular complexity index is 545. The lowest BCUT2D eigenvalue weighted by atomic mass is 10.1. The number of benzene rings is 1. The summed E-state index contributed by atoms with van der Waals surface area (Å²) in [6, 6.07) is 3.20. The maximum absolute atomic E-state index is 12.2. The first-order valence-electron chi connectivity index (χ1n) is 6.14. The molecule has 1 unspecified atom stereocenters. The van der Waals surface area contributed by atoms with Crippen molar-refractivity contribution in [1.29, 1.82) is 0 Å². The molecule has 20 heavy (non-hydrogen) atoms. The number of nitrogens with one attached hydrogen (secondary N) is 1. The van der Waals surface area contributed by atoms with Crippen LogP contribution in [0.2, 0.25) is 0 Å². The Balaban J connectivity index is 2.23. The van der Waals surface area contributed by atoms with E-state index in [1.807, 2.05) is 0 Å². The minimum atomic E-state index is -1.07. The van der Waals surface area contributed by atoms with Crippen molar-refractivity contribution in [3.63, 3.8) is 0 Å². The molecule has 1 saturated heterocycles. The molecule has 1 fully saturated rings. The fraction of sp³-hybridized carbons (Fsp3) is 0.385. The summed E-state index contributed by atoms with van der Waals surface area (Å²) in [5.74, 6) is -0.218. The lowest BCUT2D eigenvalue weighted by molar-refractivity contribution is -0.115. The summed E-state index contributed by atoms with van der Waals surface area (Å²) in [6.45, 7) is 0. The van der Waals surface area contributed by atoms with Gasteiger partial charge in [-0.15, -0.1) is 11.8 Å². The molecular weight excluding hydrogens is 410 g/mol. The molecule has 0 spiro atoms. The lowest BCUT2D eigenvalue weighted by Gasteiger charge is -2.21. The minimum Gasteiger partial charge on any atom is -0.478 e. The van der Waals surface area contributed by atoms with Gasteiger partial charge in [-0.05, 0) is 46.7 Å². The molecule has 1 aliphatic rings. The van der Waals surface area contributed by atoms with E-state index in [-0.39, 0.29) is 16.7 Å². The van der Waals surface area contributed by atoms with E-state index in [2.05, 4.69) is 37.2 Å². The number of hydrogen-bond acceptors (Lipinski definition) is 3. The van der Waals surface area contributed by atoms with Crippen LogP contribution in [0.25, 0.3) is 0 Å². The van der Waals surface area contributed by atoms with Gasteiger partial charge < -0.3 is 10.4 Å². The first-order valence-corrected chi connectivity index (χ1v) is 8.77. The molecule has 2 N–H and O–H groups in total. The zero-order chi connectivity index (χ0) is 14.7. The third-order valence-corrected chi connectivity index (χ3v) is 5.47. The normalized spacial score (nSPS) is 18.6. The van der Waals surface area contributed by atoms with E-state index in [0.717, 1.165) is 25.0 Å². The van der Waals surface area contributed by atoms with Crippen molar-refractivity contribution in [2.75, 3.05) is 11.1 Å². The van der Waals surface area contributed by atoms with Gasteiger partial charge in [-0.1, -0.05) is 22.4 Å². The Morgan fingerprint density at radius 1 is 1.30 bits per heavy atom. The number of rotatable bonds is 3. The highest BCUT2D eigenvalue weighted by atomic mass is 79.9. The van der Waals surface area contributed by atoms with Crippen LogP contribution in [0.5, 0.6) is 0 Å². The van der Waals surface area contributed by atoms with Gasteiger partial charge in [-0.2, -0.15) is 0 Å². The van der Waals surface area contributed by atoms with Gasteiger partial charge in [0.2, 0.25) is 5.91 Å². The maximum atomic E-state index is 12.2. The standard InChI is InChI=1S/C13H13Br2NO3S/c14-7-5-8(13(18)19)11(9(15)6-7)16-12(17)10-3-1-2-4-20-10/h5-6,10H,1-4H2,(H,16,17)(H,18,19). The maximum Gasteiger partial charge on any atom is 0.337 e. The van der Waals surface area contributed by atoms with Gasteiger partial charge in [0.15, 0.2) is 0 Å². The quantitative estimate of drug-likeness (QED) is 0.768. The predicted octanol–water partition coefficient (Wildman–Crippen LogP) is 4.13. The number of amides is 1. The average molecular weight is 423 g/mol. The monoisotopic (exact) mass is 421 g/mol. The van der Waals surface area contributed by atoms with E-state index in [9.17, 15) is 14.7 Å². The van der Waals surface area contributed by atoms with Crippen LogP contribution in [-0.4, -0.2) is 28.0 Å². The van der Waals surface area contributed by atoms with Crippen LogP contribution in [0, 0.1) is 0 Å². The Hall–Kier alpha value is -0.530. The molecule has 0 saturated carbocycles. The number of carboxylic acids is 1. The fourth-order valence-electron chi connectivity index (χ4n) is 2.02. The number of anilines is 1. The van der Waals surface area contributed by atoms with Crippen LogP contribution in [-0.2, 0) is 4.79 Å². The van der Waals surface area contributed by atoms with Crippen LogP contribution in [0.15, 0.2) is 21.1 Å². The van der Waals surface area contributed by atoms with Gasteiger partial charge in [0.25, 0.3) is 0 Å². The zero-order valence-corrected chi connectivity index (χ0v) is 14.5. The first-order chi connectivity index (χ1) is 9.49. The van der Waals surface area contributed by atoms with Crippen LogP contribution in [0.4, 0.5) is 5.69 Å². The predicted molar refractivity (Wildman–Crippen MR) is 87.5 cm³/mol. The molecule has 0 bridgehead atoms. The molecular formula is C13H13Br2NO3S. The van der Waals surface area contributed by atoms with Crippen molar-refractivity contribution in [3.05, 3.63) is 26.6 Å². The highest BCUT2D eigenvalue weighted by molar-refractivity contribution is 9.11. The van der Waals surface area contributed by atoms with Crippen LogP contribution in [0.3, 0.4) is 0 Å². The van der Waals surface area contributed by atoms with Gasteiger partial charge in [-0.25, -0.2) is 4.79 Å². The number of hydrogen-bond donors (Lipinski definition) is 2. The Morgan fingerprint density at radius 3 is 2.65 bits per heavy atom. The topological polar surface area (TPSA) is 66.4 Å². The molecule has 1 amide bonds. The summed E-state index contributed by atoms with van der Waals surface area (Å²) in [5.41, 5.74) is 0.386. The second-order valence-corrected chi connectivity index (χ2v) is 7.54. The summed E-state index contributed by atoms with van der Waals surface area (Å²) < 4.78 is 1.20. The van der Waals surface area contributed by atoms with E-state index in [1.54, 1.807) is 17.8 Å². The van der Waals surface area contributed by atoms with Gasteiger partial charge in [0.1, 0.15) is 0 Å². The van der Waals surface area contributed by atoms with Crippen molar-refractivity contribution < 1.29 is 14.7 Å². The third-order valence-electron chi connectivity index (χ3n) is 3.01. The number of carbonyl (C=O) groups is 2. The van der Waals surface area contributed by atoms with Crippen molar-refractivity contribution in [3.8, 4) is 0 Å². The Kier molecular flexibility index (Phi) is 5.51. The molecule has 7 heteroatoms. The number of aromatic carboxylic acids is 1. The van der Waals surface area contributed by atoms with E-state index >= 15 is 0 Å². The molecule has 0 aromatic heterocycles. The Labute approximate surface area is 138 Å². The van der Waals surface area contributed by atoms with Crippen molar-refractivity contribution in [2.24, 2.45) is 0 Å². The molecule has 2 rings (SSSR count). The van der Waals surface area contributed by atoms with Crippen molar-refractivity contribution >= 4 is 61.2 Å².